The molecule has 210 valence electrons. The van der Waals surface area contributed by atoms with Crippen LogP contribution in [0.25, 0.3) is 16.6 Å². The van der Waals surface area contributed by atoms with Crippen LogP contribution < -0.4 is 5.56 Å². The van der Waals surface area contributed by atoms with Crippen molar-refractivity contribution >= 4 is 38.5 Å². The van der Waals surface area contributed by atoms with Crippen molar-refractivity contribution in [3.05, 3.63) is 68.7 Å². The van der Waals surface area contributed by atoms with Gasteiger partial charge >= 0.3 is 0 Å². The largest absolute Gasteiger partial charge is 0.342 e. The number of likely N-dealkylation sites (tertiary alicyclic amines) is 1. The van der Waals surface area contributed by atoms with Crippen molar-refractivity contribution in [3.8, 4) is 5.69 Å². The maximum absolute atomic E-state index is 13.4. The zero-order valence-corrected chi connectivity index (χ0v) is 24.4. The van der Waals surface area contributed by atoms with Crippen molar-refractivity contribution in [2.24, 2.45) is 10.8 Å². The Bertz CT molecular complexity index is 1750. The number of carbonyl (C=O) groups is 1. The van der Waals surface area contributed by atoms with Gasteiger partial charge in [0.05, 0.1) is 45.3 Å². The lowest BCUT2D eigenvalue weighted by Crippen LogP contribution is -2.70. The van der Waals surface area contributed by atoms with Crippen LogP contribution in [-0.2, 0) is 24.5 Å². The van der Waals surface area contributed by atoms with Crippen LogP contribution in [-0.4, -0.2) is 54.7 Å². The zero-order chi connectivity index (χ0) is 28.2. The molecule has 8 rings (SSSR count). The van der Waals surface area contributed by atoms with E-state index in [4.69, 9.17) is 15.8 Å². The van der Waals surface area contributed by atoms with Gasteiger partial charge in [-0.3, -0.25) is 18.3 Å². The second-order valence-corrected chi connectivity index (χ2v) is 15.0. The summed E-state index contributed by atoms with van der Waals surface area (Å²) >= 11 is 6.39. The molecule has 3 aliphatic carbocycles. The number of halogens is 1. The Morgan fingerprint density at radius 3 is 2.50 bits per heavy atom. The molecule has 1 saturated heterocycles. The Morgan fingerprint density at radius 2 is 1.82 bits per heavy atom. The first-order valence-electron chi connectivity index (χ1n) is 13.8. The number of piperidine rings is 1. The van der Waals surface area contributed by atoms with Crippen LogP contribution in [0.4, 0.5) is 0 Å². The Labute approximate surface area is 238 Å². The summed E-state index contributed by atoms with van der Waals surface area (Å²) in [5.41, 5.74) is 2.98. The number of amides is 1. The van der Waals surface area contributed by atoms with Crippen LogP contribution in [0.5, 0.6) is 0 Å². The summed E-state index contributed by atoms with van der Waals surface area (Å²) in [4.78, 5) is 32.8. The predicted octanol–water partition coefficient (Wildman–Crippen LogP) is 4.53. The maximum atomic E-state index is 13.4. The average molecular weight is 582 g/mol. The van der Waals surface area contributed by atoms with Crippen molar-refractivity contribution in [2.75, 3.05) is 26.0 Å². The number of fused-ring (bicyclic) bond motifs is 5. The maximum Gasteiger partial charge on any atom is 0.282 e. The zero-order valence-electron chi connectivity index (χ0n) is 22.9. The first-order valence-corrected chi connectivity index (χ1v) is 16.0. The van der Waals surface area contributed by atoms with Gasteiger partial charge in [-0.25, -0.2) is 0 Å². The Kier molecular flexibility index (Phi) is 5.49. The highest BCUT2D eigenvalue weighted by Gasteiger charge is 2.72. The van der Waals surface area contributed by atoms with E-state index in [1.165, 1.54) is 5.56 Å². The Morgan fingerprint density at radius 1 is 1.12 bits per heavy atom. The van der Waals surface area contributed by atoms with Crippen LogP contribution in [0, 0.1) is 10.8 Å². The molecule has 2 aromatic carbocycles. The van der Waals surface area contributed by atoms with Gasteiger partial charge in [0.1, 0.15) is 5.82 Å². The number of carbonyl (C=O) groups excluding carboxylic acids is 1. The number of hydrogen-bond donors (Lipinski definition) is 0. The van der Waals surface area contributed by atoms with Gasteiger partial charge in [-0.05, 0) is 86.6 Å². The van der Waals surface area contributed by atoms with Gasteiger partial charge in [-0.2, -0.15) is 13.4 Å². The molecular formula is C30H32ClN3O5S. The minimum atomic E-state index is -3.46. The molecule has 3 saturated carbocycles. The molecule has 40 heavy (non-hydrogen) atoms. The molecule has 0 unspecified atom stereocenters. The van der Waals surface area contributed by atoms with Gasteiger partial charge in [0.25, 0.3) is 15.7 Å². The Balaban J connectivity index is 1.08. The number of rotatable bonds is 5. The van der Waals surface area contributed by atoms with Gasteiger partial charge in [0, 0.05) is 13.1 Å². The van der Waals surface area contributed by atoms with E-state index in [1.807, 2.05) is 17.0 Å². The lowest BCUT2D eigenvalue weighted by Gasteiger charge is -2.69. The quantitative estimate of drug-likeness (QED) is 0.411. The van der Waals surface area contributed by atoms with Crippen molar-refractivity contribution in [2.45, 2.75) is 57.3 Å². The fraction of sp³-hybridized carbons (Fsp3) is 0.500. The Hall–Kier alpha value is -2.75. The van der Waals surface area contributed by atoms with Crippen LogP contribution in [0.15, 0.2) is 41.2 Å². The molecule has 0 atom stereocenters. The molecule has 5 aliphatic rings. The van der Waals surface area contributed by atoms with E-state index < -0.39 is 15.5 Å². The summed E-state index contributed by atoms with van der Waals surface area (Å²) in [5.74, 6) is 1.29. The summed E-state index contributed by atoms with van der Waals surface area (Å²) in [7, 11) is -3.46. The molecule has 4 fully saturated rings. The van der Waals surface area contributed by atoms with Crippen LogP contribution >= 0.6 is 11.6 Å². The second kappa shape index (κ2) is 8.39. The van der Waals surface area contributed by atoms with E-state index in [9.17, 15) is 18.0 Å². The average Bonchev–Trinajstić information content (AvgIpc) is 3.08. The molecule has 2 bridgehead atoms. The molecule has 0 N–H and O–H groups in total. The molecule has 0 radical (unpaired) electrons. The molecule has 3 heterocycles. The molecule has 0 spiro atoms. The van der Waals surface area contributed by atoms with Crippen LogP contribution in [0.3, 0.4) is 0 Å². The topological polar surface area (TPSA) is 98.6 Å². The summed E-state index contributed by atoms with van der Waals surface area (Å²) < 4.78 is 29.8. The highest BCUT2D eigenvalue weighted by molar-refractivity contribution is 7.85. The molecule has 8 nitrogen and oxygen atoms in total. The van der Waals surface area contributed by atoms with E-state index in [1.54, 1.807) is 6.07 Å². The minimum absolute atomic E-state index is 0.137. The molecular weight excluding hydrogens is 550 g/mol. The van der Waals surface area contributed by atoms with Crippen molar-refractivity contribution in [1.29, 1.82) is 0 Å². The van der Waals surface area contributed by atoms with Gasteiger partial charge in [0.15, 0.2) is 0 Å². The van der Waals surface area contributed by atoms with Gasteiger partial charge < -0.3 is 4.90 Å². The van der Waals surface area contributed by atoms with Gasteiger partial charge in [0.2, 0.25) is 5.91 Å². The number of hydrogen-bond acceptors (Lipinski definition) is 6. The van der Waals surface area contributed by atoms with E-state index in [0.29, 0.717) is 16.3 Å². The van der Waals surface area contributed by atoms with E-state index in [-0.39, 0.29) is 28.9 Å². The monoisotopic (exact) mass is 581 g/mol. The fourth-order valence-electron chi connectivity index (χ4n) is 7.88. The second-order valence-electron chi connectivity index (χ2n) is 13.0. The number of aromatic nitrogens is 2. The normalized spacial score (nSPS) is 26.6. The van der Waals surface area contributed by atoms with Crippen molar-refractivity contribution in [3.63, 3.8) is 0 Å². The predicted molar refractivity (Wildman–Crippen MR) is 153 cm³/mol. The van der Waals surface area contributed by atoms with E-state index in [2.05, 4.69) is 41.6 Å². The summed E-state index contributed by atoms with van der Waals surface area (Å²) in [6, 6.07) is 12.1. The third-order valence-electron chi connectivity index (χ3n) is 9.79. The SMILES string of the molecule is CC1(C)c2cc(C3CCN(C(=O)C45CC(COS(C)(=O)=O)(C4)C5)CC3)ccc2-n2c1nc(=O)c1c(Cl)cccc12. The number of nitrogens with zero attached hydrogens (tertiary/aromatic N) is 3. The molecule has 3 aromatic rings. The van der Waals surface area contributed by atoms with Crippen LogP contribution in [0.2, 0.25) is 5.02 Å². The smallest absolute Gasteiger partial charge is 0.282 e. The van der Waals surface area contributed by atoms with Crippen molar-refractivity contribution < 1.29 is 17.4 Å². The number of benzene rings is 2. The highest BCUT2D eigenvalue weighted by atomic mass is 35.5. The third kappa shape index (κ3) is 3.73. The summed E-state index contributed by atoms with van der Waals surface area (Å²) in [5, 5.41) is 0.848. The lowest BCUT2D eigenvalue weighted by atomic mass is 9.35. The van der Waals surface area contributed by atoms with E-state index >= 15 is 0 Å². The fourth-order valence-corrected chi connectivity index (χ4v) is 8.59. The first-order chi connectivity index (χ1) is 18.8. The van der Waals surface area contributed by atoms with Gasteiger partial charge in [-0.1, -0.05) is 29.8 Å². The lowest BCUT2D eigenvalue weighted by molar-refractivity contribution is -0.225. The van der Waals surface area contributed by atoms with Crippen LogP contribution in [0.1, 0.15) is 68.8 Å². The van der Waals surface area contributed by atoms with E-state index in [0.717, 1.165) is 74.0 Å². The molecule has 1 amide bonds. The molecule has 10 heteroatoms. The summed E-state index contributed by atoms with van der Waals surface area (Å²) in [6.45, 7) is 5.84. The van der Waals surface area contributed by atoms with Crippen molar-refractivity contribution in [1.82, 2.24) is 14.5 Å². The molecule has 1 aromatic heterocycles. The standard InChI is InChI=1S/C30H32ClN3O5S/c1-28(2)20-13-19(7-8-22(20)34-23-6-4-5-21(31)24(23)25(35)32-26(28)34)18-9-11-33(12-10-18)27(36)30-14-29(15-30,16-30)17-39-40(3,37)38/h4-8,13,18H,9-12,14-17H2,1-3H3. The van der Waals surface area contributed by atoms with Gasteiger partial charge in [-0.15, -0.1) is 0 Å². The highest BCUT2D eigenvalue weighted by Crippen LogP contribution is 2.74. The third-order valence-corrected chi connectivity index (χ3v) is 10.6. The first kappa shape index (κ1) is 26.2. The summed E-state index contributed by atoms with van der Waals surface area (Å²) in [6.07, 6.45) is 5.04. The minimum Gasteiger partial charge on any atom is -0.342 e. The molecule has 2 aliphatic heterocycles.